The van der Waals surface area contributed by atoms with Crippen LogP contribution in [-0.2, 0) is 0 Å². The van der Waals surface area contributed by atoms with Crippen LogP contribution in [0.25, 0.3) is 0 Å². The lowest BCUT2D eigenvalue weighted by molar-refractivity contribution is 0.442. The summed E-state index contributed by atoms with van der Waals surface area (Å²) in [4.78, 5) is 0. The maximum absolute atomic E-state index is 11.7. The van der Waals surface area contributed by atoms with Gasteiger partial charge in [0.05, 0.1) is 6.67 Å². The van der Waals surface area contributed by atoms with Crippen molar-refractivity contribution in [1.29, 1.82) is 15.8 Å². The van der Waals surface area contributed by atoms with E-state index in [0.29, 0.717) is 19.3 Å². The fraction of sp³-hybridized carbons (Fsp3) is 0.667. The second kappa shape index (κ2) is 5.98. The van der Waals surface area contributed by atoms with Gasteiger partial charge in [0.2, 0.25) is 5.41 Å². The minimum atomic E-state index is -1.53. The number of rotatable bonds is 5. The first-order chi connectivity index (χ1) is 6.24. The minimum absolute atomic E-state index is 0.205. The zero-order chi connectivity index (χ0) is 10.2. The van der Waals surface area contributed by atoms with Crippen molar-refractivity contribution in [2.45, 2.75) is 25.7 Å². The molecular weight excluding hydrogens is 169 g/mol. The molecule has 0 aliphatic rings. The van der Waals surface area contributed by atoms with E-state index in [0.717, 1.165) is 0 Å². The second-order valence-corrected chi connectivity index (χ2v) is 2.74. The molecule has 0 aromatic rings. The van der Waals surface area contributed by atoms with Crippen molar-refractivity contribution in [1.82, 2.24) is 0 Å². The molecule has 0 aliphatic carbocycles. The number of hydrogen-bond acceptors (Lipinski definition) is 3. The molecule has 0 saturated heterocycles. The van der Waals surface area contributed by atoms with E-state index in [1.165, 1.54) is 0 Å². The summed E-state index contributed by atoms with van der Waals surface area (Å²) in [5.74, 6) is 0. The fourth-order valence-corrected chi connectivity index (χ4v) is 0.904. The van der Waals surface area contributed by atoms with Gasteiger partial charge in [-0.1, -0.05) is 6.42 Å². The van der Waals surface area contributed by atoms with Gasteiger partial charge in [0.25, 0.3) is 0 Å². The molecule has 0 radical (unpaired) electrons. The van der Waals surface area contributed by atoms with Crippen molar-refractivity contribution in [3.05, 3.63) is 0 Å². The predicted molar refractivity (Wildman–Crippen MR) is 43.7 cm³/mol. The molecule has 13 heavy (non-hydrogen) atoms. The van der Waals surface area contributed by atoms with Crippen LogP contribution in [0.4, 0.5) is 4.39 Å². The molecule has 0 heterocycles. The van der Waals surface area contributed by atoms with E-state index < -0.39 is 12.1 Å². The minimum Gasteiger partial charge on any atom is -0.251 e. The highest BCUT2D eigenvalue weighted by Gasteiger charge is 2.28. The molecule has 0 spiro atoms. The van der Waals surface area contributed by atoms with Gasteiger partial charge >= 0.3 is 0 Å². The lowest BCUT2D eigenvalue weighted by Crippen LogP contribution is -2.12. The average Bonchev–Trinajstić information content (AvgIpc) is 2.20. The Kier molecular flexibility index (Phi) is 5.24. The Morgan fingerprint density at radius 1 is 0.923 bits per heavy atom. The van der Waals surface area contributed by atoms with E-state index in [4.69, 9.17) is 15.8 Å². The first-order valence-corrected chi connectivity index (χ1v) is 4.04. The molecular formula is C9H10FN3. The Morgan fingerprint density at radius 3 is 1.85 bits per heavy atom. The molecule has 68 valence electrons. The number of halogens is 1. The number of hydrogen-bond donors (Lipinski definition) is 0. The van der Waals surface area contributed by atoms with Gasteiger partial charge in [-0.3, -0.25) is 4.39 Å². The average molecular weight is 179 g/mol. The summed E-state index contributed by atoms with van der Waals surface area (Å²) >= 11 is 0. The van der Waals surface area contributed by atoms with Crippen LogP contribution in [0.5, 0.6) is 0 Å². The van der Waals surface area contributed by atoms with Crippen LogP contribution in [0.3, 0.4) is 0 Å². The topological polar surface area (TPSA) is 71.4 Å². The predicted octanol–water partition coefficient (Wildman–Crippen LogP) is 2.07. The molecule has 0 rings (SSSR count). The van der Waals surface area contributed by atoms with Gasteiger partial charge in [-0.05, 0) is 19.3 Å². The Hall–Kier alpha value is -1.60. The second-order valence-electron chi connectivity index (χ2n) is 2.74. The Balaban J connectivity index is 3.96. The van der Waals surface area contributed by atoms with Gasteiger partial charge in [-0.2, -0.15) is 15.8 Å². The quantitative estimate of drug-likeness (QED) is 0.606. The summed E-state index contributed by atoms with van der Waals surface area (Å²) in [5.41, 5.74) is -1.53. The molecule has 0 atom stereocenters. The first kappa shape index (κ1) is 11.4. The third-order valence-electron chi connectivity index (χ3n) is 1.76. The van der Waals surface area contributed by atoms with Crippen LogP contribution in [0, 0.1) is 39.4 Å². The summed E-state index contributed by atoms with van der Waals surface area (Å²) in [6.45, 7) is -0.390. The highest BCUT2D eigenvalue weighted by molar-refractivity contribution is 5.25. The number of alkyl halides is 1. The van der Waals surface area contributed by atoms with Crippen molar-refractivity contribution in [2.24, 2.45) is 5.41 Å². The van der Waals surface area contributed by atoms with Crippen molar-refractivity contribution < 1.29 is 4.39 Å². The highest BCUT2D eigenvalue weighted by atomic mass is 19.1. The van der Waals surface area contributed by atoms with E-state index in [1.807, 2.05) is 0 Å². The van der Waals surface area contributed by atoms with Crippen molar-refractivity contribution in [3.63, 3.8) is 0 Å². The van der Waals surface area contributed by atoms with Gasteiger partial charge in [0, 0.05) is 0 Å². The Bertz CT molecular complexity index is 230. The molecule has 0 aliphatic heterocycles. The third kappa shape index (κ3) is 3.54. The molecule has 0 fully saturated rings. The van der Waals surface area contributed by atoms with Crippen molar-refractivity contribution in [2.75, 3.05) is 6.67 Å². The fourth-order valence-electron chi connectivity index (χ4n) is 0.904. The molecule has 0 unspecified atom stereocenters. The molecule has 0 amide bonds. The van der Waals surface area contributed by atoms with E-state index in [1.54, 1.807) is 18.2 Å². The van der Waals surface area contributed by atoms with Crippen LogP contribution >= 0.6 is 0 Å². The van der Waals surface area contributed by atoms with E-state index in [2.05, 4.69) is 0 Å². The zero-order valence-electron chi connectivity index (χ0n) is 7.26. The van der Waals surface area contributed by atoms with Crippen LogP contribution in [0.15, 0.2) is 0 Å². The SMILES string of the molecule is N#CC(C#N)(C#N)CCCCCF. The summed E-state index contributed by atoms with van der Waals surface area (Å²) in [7, 11) is 0. The summed E-state index contributed by atoms with van der Waals surface area (Å²) < 4.78 is 11.7. The zero-order valence-corrected chi connectivity index (χ0v) is 7.26. The summed E-state index contributed by atoms with van der Waals surface area (Å²) in [6.07, 6.45) is 1.79. The van der Waals surface area contributed by atoms with Gasteiger partial charge < -0.3 is 0 Å². The molecule has 4 heteroatoms. The molecule has 0 bridgehead atoms. The van der Waals surface area contributed by atoms with Crippen LogP contribution in [0.2, 0.25) is 0 Å². The van der Waals surface area contributed by atoms with Crippen LogP contribution in [0.1, 0.15) is 25.7 Å². The number of unbranched alkanes of at least 4 members (excludes halogenated alkanes) is 2. The number of nitrogens with zero attached hydrogens (tertiary/aromatic N) is 3. The molecule has 0 saturated carbocycles. The Labute approximate surface area is 77.0 Å². The number of nitriles is 3. The lowest BCUT2D eigenvalue weighted by Gasteiger charge is -2.07. The van der Waals surface area contributed by atoms with Gasteiger partial charge in [0.15, 0.2) is 0 Å². The maximum atomic E-state index is 11.7. The third-order valence-corrected chi connectivity index (χ3v) is 1.76. The van der Waals surface area contributed by atoms with E-state index in [-0.39, 0.29) is 6.42 Å². The maximum Gasteiger partial charge on any atom is 0.228 e. The summed E-state index contributed by atoms with van der Waals surface area (Å²) in [5, 5.41) is 25.7. The molecule has 0 N–H and O–H groups in total. The van der Waals surface area contributed by atoms with Crippen molar-refractivity contribution >= 4 is 0 Å². The van der Waals surface area contributed by atoms with Gasteiger partial charge in [-0.15, -0.1) is 0 Å². The lowest BCUT2D eigenvalue weighted by atomic mass is 9.87. The molecule has 3 nitrogen and oxygen atoms in total. The smallest absolute Gasteiger partial charge is 0.228 e. The van der Waals surface area contributed by atoms with E-state index >= 15 is 0 Å². The first-order valence-electron chi connectivity index (χ1n) is 4.04. The largest absolute Gasteiger partial charge is 0.251 e. The summed E-state index contributed by atoms with van der Waals surface area (Å²) in [6, 6.07) is 5.03. The highest BCUT2D eigenvalue weighted by Crippen LogP contribution is 2.22. The standard InChI is InChI=1S/C9H10FN3/c10-5-3-1-2-4-9(6-11,7-12)8-13/h1-5H2. The monoisotopic (exact) mass is 179 g/mol. The van der Waals surface area contributed by atoms with E-state index in [9.17, 15) is 4.39 Å². The molecule has 0 aromatic carbocycles. The van der Waals surface area contributed by atoms with Gasteiger partial charge in [0.1, 0.15) is 18.2 Å². The van der Waals surface area contributed by atoms with Gasteiger partial charge in [-0.25, -0.2) is 0 Å². The van der Waals surface area contributed by atoms with Crippen LogP contribution < -0.4 is 0 Å². The Morgan fingerprint density at radius 2 is 1.46 bits per heavy atom. The molecule has 0 aromatic heterocycles. The van der Waals surface area contributed by atoms with Crippen LogP contribution in [-0.4, -0.2) is 6.67 Å². The normalized spacial score (nSPS) is 9.69. The van der Waals surface area contributed by atoms with Crippen molar-refractivity contribution in [3.8, 4) is 18.2 Å².